The van der Waals surface area contributed by atoms with Gasteiger partial charge in [0, 0.05) is 12.1 Å². The van der Waals surface area contributed by atoms with Gasteiger partial charge < -0.3 is 10.6 Å². The number of nitrogens with one attached hydrogen (secondary N) is 2. The van der Waals surface area contributed by atoms with Crippen LogP contribution >= 0.6 is 0 Å². The molecule has 1 unspecified atom stereocenters. The van der Waals surface area contributed by atoms with E-state index in [2.05, 4.69) is 17.6 Å². The first-order valence-corrected chi connectivity index (χ1v) is 8.43. The van der Waals surface area contributed by atoms with Gasteiger partial charge in [0.2, 0.25) is 0 Å². The zero-order valence-corrected chi connectivity index (χ0v) is 12.4. The van der Waals surface area contributed by atoms with E-state index in [0.29, 0.717) is 11.3 Å². The normalized spacial score (nSPS) is 23.5. The maximum atomic E-state index is 12.3. The molecule has 0 saturated carbocycles. The molecular weight excluding hydrogens is 260 g/mol. The van der Waals surface area contributed by atoms with Crippen LogP contribution in [0.2, 0.25) is 0 Å². The van der Waals surface area contributed by atoms with E-state index in [1.165, 1.54) is 0 Å². The first-order valence-electron chi connectivity index (χ1n) is 6.77. The summed E-state index contributed by atoms with van der Waals surface area (Å²) in [6, 6.07) is 7.20. The summed E-state index contributed by atoms with van der Waals surface area (Å²) >= 11 is 0. The van der Waals surface area contributed by atoms with E-state index in [1.54, 1.807) is 12.1 Å². The van der Waals surface area contributed by atoms with Gasteiger partial charge in [-0.05, 0) is 38.4 Å². The minimum atomic E-state index is -3.19. The minimum absolute atomic E-state index is 0.0716. The molecule has 0 radical (unpaired) electrons. The molecule has 0 amide bonds. The number of hydrogen-bond donors (Lipinski definition) is 2. The average molecular weight is 282 g/mol. The van der Waals surface area contributed by atoms with Crippen molar-refractivity contribution in [2.45, 2.75) is 37.1 Å². The Hall–Kier alpha value is -1.07. The van der Waals surface area contributed by atoms with Crippen LogP contribution in [0.5, 0.6) is 0 Å². The van der Waals surface area contributed by atoms with Crippen LogP contribution in [0.25, 0.3) is 0 Å². The molecule has 19 heavy (non-hydrogen) atoms. The fourth-order valence-electron chi connectivity index (χ4n) is 2.47. The summed E-state index contributed by atoms with van der Waals surface area (Å²) in [6.07, 6.45) is 1.63. The molecule has 1 aliphatic heterocycles. The Labute approximate surface area is 115 Å². The van der Waals surface area contributed by atoms with Crippen LogP contribution in [-0.2, 0) is 9.84 Å². The monoisotopic (exact) mass is 282 g/mol. The molecule has 1 aliphatic rings. The van der Waals surface area contributed by atoms with Crippen molar-refractivity contribution in [3.05, 3.63) is 24.3 Å². The molecule has 1 saturated heterocycles. The number of anilines is 1. The van der Waals surface area contributed by atoms with Crippen molar-refractivity contribution in [1.29, 1.82) is 0 Å². The van der Waals surface area contributed by atoms with Crippen LogP contribution in [0.4, 0.5) is 5.69 Å². The topological polar surface area (TPSA) is 58.2 Å². The minimum Gasteiger partial charge on any atom is -0.377 e. The molecule has 4 nitrogen and oxygen atoms in total. The van der Waals surface area contributed by atoms with Gasteiger partial charge in [-0.2, -0.15) is 0 Å². The molecule has 1 aromatic rings. The third kappa shape index (κ3) is 3.28. The largest absolute Gasteiger partial charge is 0.377 e. The Balaban J connectivity index is 2.31. The van der Waals surface area contributed by atoms with E-state index < -0.39 is 9.84 Å². The second-order valence-electron chi connectivity index (χ2n) is 5.43. The van der Waals surface area contributed by atoms with Gasteiger partial charge in [0.1, 0.15) is 0 Å². The van der Waals surface area contributed by atoms with Crippen LogP contribution < -0.4 is 10.6 Å². The summed E-state index contributed by atoms with van der Waals surface area (Å²) in [5.41, 5.74) is 0.653. The van der Waals surface area contributed by atoms with Gasteiger partial charge in [-0.25, -0.2) is 8.42 Å². The van der Waals surface area contributed by atoms with Crippen molar-refractivity contribution in [3.63, 3.8) is 0 Å². The summed E-state index contributed by atoms with van der Waals surface area (Å²) in [5.74, 6) is 0.195. The summed E-state index contributed by atoms with van der Waals surface area (Å²) in [7, 11) is -3.19. The van der Waals surface area contributed by atoms with Crippen LogP contribution in [0.1, 0.15) is 26.7 Å². The maximum absolute atomic E-state index is 12.3. The zero-order chi connectivity index (χ0) is 13.9. The lowest BCUT2D eigenvalue weighted by atomic mass is 10.0. The van der Waals surface area contributed by atoms with Gasteiger partial charge in [-0.3, -0.25) is 0 Å². The zero-order valence-electron chi connectivity index (χ0n) is 11.6. The molecule has 1 fully saturated rings. The summed E-state index contributed by atoms with van der Waals surface area (Å²) in [4.78, 5) is 0.421. The standard InChI is InChI=1S/C14H22N2O2S/c1-3-10-19(17,18)13-7-5-4-6-12(13)16-14(2)8-9-15-11-14/h4-7,15-16H,3,8-11H2,1-2H3. The quantitative estimate of drug-likeness (QED) is 0.867. The van der Waals surface area contributed by atoms with E-state index >= 15 is 0 Å². The van der Waals surface area contributed by atoms with Gasteiger partial charge >= 0.3 is 0 Å². The lowest BCUT2D eigenvalue weighted by molar-refractivity contribution is 0.563. The molecule has 0 spiro atoms. The van der Waals surface area contributed by atoms with Gasteiger partial charge in [-0.1, -0.05) is 19.1 Å². The third-order valence-electron chi connectivity index (χ3n) is 3.50. The lowest BCUT2D eigenvalue weighted by Gasteiger charge is -2.27. The van der Waals surface area contributed by atoms with E-state index in [0.717, 1.165) is 25.2 Å². The van der Waals surface area contributed by atoms with Crippen molar-refractivity contribution in [2.24, 2.45) is 0 Å². The maximum Gasteiger partial charge on any atom is 0.180 e. The Bertz CT molecular complexity index is 534. The lowest BCUT2D eigenvalue weighted by Crippen LogP contribution is -2.37. The average Bonchev–Trinajstić information content (AvgIpc) is 2.76. The molecule has 1 atom stereocenters. The fraction of sp³-hybridized carbons (Fsp3) is 0.571. The highest BCUT2D eigenvalue weighted by molar-refractivity contribution is 7.91. The first kappa shape index (κ1) is 14.3. The Morgan fingerprint density at radius 3 is 2.74 bits per heavy atom. The van der Waals surface area contributed by atoms with Gasteiger partial charge in [-0.15, -0.1) is 0 Å². The number of para-hydroxylation sites is 1. The molecule has 2 rings (SSSR count). The SMILES string of the molecule is CCCS(=O)(=O)c1ccccc1NC1(C)CCNC1. The summed E-state index contributed by atoms with van der Waals surface area (Å²) in [5, 5.41) is 6.71. The van der Waals surface area contributed by atoms with E-state index in [4.69, 9.17) is 0 Å². The smallest absolute Gasteiger partial charge is 0.180 e. The van der Waals surface area contributed by atoms with E-state index in [9.17, 15) is 8.42 Å². The molecule has 2 N–H and O–H groups in total. The Morgan fingerprint density at radius 1 is 1.37 bits per heavy atom. The predicted molar refractivity (Wildman–Crippen MR) is 78.3 cm³/mol. The summed E-state index contributed by atoms with van der Waals surface area (Å²) < 4.78 is 24.6. The van der Waals surface area contributed by atoms with E-state index in [1.807, 2.05) is 19.1 Å². The van der Waals surface area contributed by atoms with E-state index in [-0.39, 0.29) is 11.3 Å². The molecule has 1 aromatic carbocycles. The predicted octanol–water partition coefficient (Wildman–Crippen LogP) is 2.03. The highest BCUT2D eigenvalue weighted by Gasteiger charge is 2.30. The number of benzene rings is 1. The highest BCUT2D eigenvalue weighted by atomic mass is 32.2. The van der Waals surface area contributed by atoms with Crippen molar-refractivity contribution >= 4 is 15.5 Å². The molecule has 1 heterocycles. The molecule has 0 aromatic heterocycles. The van der Waals surface area contributed by atoms with Gasteiger partial charge in [0.15, 0.2) is 9.84 Å². The number of hydrogen-bond acceptors (Lipinski definition) is 4. The van der Waals surface area contributed by atoms with Crippen LogP contribution in [-0.4, -0.2) is 32.8 Å². The molecule has 106 valence electrons. The van der Waals surface area contributed by atoms with Crippen molar-refractivity contribution in [3.8, 4) is 0 Å². The second-order valence-corrected chi connectivity index (χ2v) is 7.51. The van der Waals surface area contributed by atoms with Crippen LogP contribution in [0, 0.1) is 0 Å². The van der Waals surface area contributed by atoms with Crippen molar-refractivity contribution in [2.75, 3.05) is 24.2 Å². The molecule has 0 aliphatic carbocycles. The Morgan fingerprint density at radius 2 is 2.11 bits per heavy atom. The molecular formula is C14H22N2O2S. The van der Waals surface area contributed by atoms with Crippen LogP contribution in [0.3, 0.4) is 0 Å². The van der Waals surface area contributed by atoms with Gasteiger partial charge in [0.05, 0.1) is 16.3 Å². The number of rotatable bonds is 5. The van der Waals surface area contributed by atoms with Crippen molar-refractivity contribution < 1.29 is 8.42 Å². The number of sulfone groups is 1. The third-order valence-corrected chi connectivity index (χ3v) is 5.47. The van der Waals surface area contributed by atoms with Crippen molar-refractivity contribution in [1.82, 2.24) is 5.32 Å². The summed E-state index contributed by atoms with van der Waals surface area (Å²) in [6.45, 7) is 5.83. The fourth-order valence-corrected chi connectivity index (χ4v) is 3.97. The molecule has 5 heteroatoms. The Kier molecular flexibility index (Phi) is 4.16. The van der Waals surface area contributed by atoms with Gasteiger partial charge in [0.25, 0.3) is 0 Å². The van der Waals surface area contributed by atoms with Crippen LogP contribution in [0.15, 0.2) is 29.2 Å². The highest BCUT2D eigenvalue weighted by Crippen LogP contribution is 2.27. The molecule has 0 bridgehead atoms. The second kappa shape index (κ2) is 5.51. The first-order chi connectivity index (χ1) is 8.97.